The van der Waals surface area contributed by atoms with Gasteiger partial charge in [-0.1, -0.05) is 0 Å². The van der Waals surface area contributed by atoms with Gasteiger partial charge in [0.2, 0.25) is 5.91 Å². The van der Waals surface area contributed by atoms with Crippen molar-refractivity contribution in [2.24, 2.45) is 0 Å². The Bertz CT molecular complexity index is 539. The quantitative estimate of drug-likeness (QED) is 0.249. The second kappa shape index (κ2) is 10.7. The normalized spacial score (nSPS) is 14.8. The van der Waals surface area contributed by atoms with Gasteiger partial charge in [-0.25, -0.2) is 13.2 Å². The SMILES string of the molecule is [2H]C([2H])(CCS(=O)(=O)[O-])NC(=O)[C@H](CS)NC(=O)OC(C)(C)C.[Na+]. The monoisotopic (exact) mass is 366 g/mol. The summed E-state index contributed by atoms with van der Waals surface area (Å²) in [6, 6.07) is -1.19. The van der Waals surface area contributed by atoms with Crippen LogP contribution in [0.1, 0.15) is 29.9 Å². The summed E-state index contributed by atoms with van der Waals surface area (Å²) in [6.45, 7) is 2.46. The van der Waals surface area contributed by atoms with Crippen molar-refractivity contribution in [3.63, 3.8) is 0 Å². The van der Waals surface area contributed by atoms with E-state index in [4.69, 9.17) is 7.48 Å². The van der Waals surface area contributed by atoms with Crippen LogP contribution in [0.4, 0.5) is 4.79 Å². The molecule has 8 nitrogen and oxygen atoms in total. The summed E-state index contributed by atoms with van der Waals surface area (Å²) in [5.41, 5.74) is -0.779. The fourth-order valence-electron chi connectivity index (χ4n) is 1.06. The van der Waals surface area contributed by atoms with Crippen molar-refractivity contribution in [1.29, 1.82) is 0 Å². The Morgan fingerprint density at radius 2 is 1.95 bits per heavy atom. The number of thiol groups is 1. The van der Waals surface area contributed by atoms with Crippen LogP contribution in [0.25, 0.3) is 0 Å². The molecule has 0 aliphatic carbocycles. The molecule has 0 fully saturated rings. The van der Waals surface area contributed by atoms with Crippen LogP contribution in [0.2, 0.25) is 0 Å². The third kappa shape index (κ3) is 13.6. The van der Waals surface area contributed by atoms with Crippen molar-refractivity contribution in [3.8, 4) is 0 Å². The average molecular weight is 366 g/mol. The number of carbonyl (C=O) groups is 2. The van der Waals surface area contributed by atoms with Gasteiger partial charge in [-0.3, -0.25) is 4.79 Å². The van der Waals surface area contributed by atoms with E-state index < -0.39 is 52.4 Å². The Balaban J connectivity index is 0. The topological polar surface area (TPSA) is 125 Å². The van der Waals surface area contributed by atoms with Gasteiger partial charge in [0.1, 0.15) is 11.6 Å². The zero-order valence-corrected chi connectivity index (χ0v) is 16.7. The van der Waals surface area contributed by atoms with Crippen molar-refractivity contribution < 1.29 is 59.6 Å². The summed E-state index contributed by atoms with van der Waals surface area (Å²) in [5.74, 6) is -2.02. The first kappa shape index (κ1) is 20.0. The number of carbonyl (C=O) groups excluding carboxylic acids is 2. The maximum absolute atomic E-state index is 11.9. The third-order valence-electron chi connectivity index (χ3n) is 1.88. The molecule has 124 valence electrons. The standard InChI is InChI=1S/C11H22N2O6S2.Na/c1-11(2,3)19-10(15)13-8(7-20)9(14)12-5-4-6-21(16,17)18;/h8,20H,4-7H2,1-3H3,(H,12,14)(H,13,15)(H,16,17,18);/q;+1/p-1/t8-;/m0./s1/i5D2;. The molecule has 1 atom stereocenters. The molecule has 0 aromatic rings. The van der Waals surface area contributed by atoms with Crippen LogP contribution in [0.5, 0.6) is 0 Å². The van der Waals surface area contributed by atoms with Crippen LogP contribution in [0.15, 0.2) is 0 Å². The van der Waals surface area contributed by atoms with Crippen molar-refractivity contribution in [3.05, 3.63) is 0 Å². The summed E-state index contributed by atoms with van der Waals surface area (Å²) < 4.78 is 51.5. The second-order valence-corrected chi connectivity index (χ2v) is 6.95. The van der Waals surface area contributed by atoms with E-state index >= 15 is 0 Å². The van der Waals surface area contributed by atoms with Crippen LogP contribution < -0.4 is 40.2 Å². The van der Waals surface area contributed by atoms with Crippen molar-refractivity contribution in [2.75, 3.05) is 18.0 Å². The van der Waals surface area contributed by atoms with Gasteiger partial charge in [0.25, 0.3) is 0 Å². The van der Waals surface area contributed by atoms with Crippen molar-refractivity contribution in [1.82, 2.24) is 10.6 Å². The van der Waals surface area contributed by atoms with E-state index in [1.54, 1.807) is 20.8 Å². The Kier molecular flexibility index (Phi) is 9.76. The maximum atomic E-state index is 11.9. The zero-order chi connectivity index (χ0) is 18.5. The molecule has 0 aromatic carbocycles. The first-order valence-corrected chi connectivity index (χ1v) is 8.22. The molecule has 0 unspecified atom stereocenters. The van der Waals surface area contributed by atoms with Crippen molar-refractivity contribution in [2.45, 2.75) is 38.8 Å². The third-order valence-corrected chi connectivity index (χ3v) is 2.95. The molecule has 0 saturated carbocycles. The Morgan fingerprint density at radius 1 is 1.41 bits per heavy atom. The molecule has 2 N–H and O–H groups in total. The Hall–Kier alpha value is 0. The maximum Gasteiger partial charge on any atom is 1.00 e. The van der Waals surface area contributed by atoms with E-state index in [0.717, 1.165) is 0 Å². The molecular weight excluding hydrogens is 343 g/mol. The van der Waals surface area contributed by atoms with Crippen LogP contribution in [0.3, 0.4) is 0 Å². The molecular formula is C11H21N2NaO6S2. The van der Waals surface area contributed by atoms with E-state index in [-0.39, 0.29) is 35.3 Å². The van der Waals surface area contributed by atoms with Crippen LogP contribution in [-0.2, 0) is 19.6 Å². The van der Waals surface area contributed by atoms with Gasteiger partial charge in [0, 0.05) is 20.7 Å². The fourth-order valence-corrected chi connectivity index (χ4v) is 1.67. The van der Waals surface area contributed by atoms with E-state index in [0.29, 0.717) is 0 Å². The van der Waals surface area contributed by atoms with Gasteiger partial charge in [0.15, 0.2) is 0 Å². The molecule has 0 spiro atoms. The number of hydrogen-bond donors (Lipinski definition) is 3. The number of rotatable bonds is 7. The summed E-state index contributed by atoms with van der Waals surface area (Å²) in [4.78, 5) is 23.5. The predicted molar refractivity (Wildman–Crippen MR) is 79.2 cm³/mol. The summed E-state index contributed by atoms with van der Waals surface area (Å²) in [6.07, 6.45) is -1.59. The van der Waals surface area contributed by atoms with Gasteiger partial charge in [0.05, 0.1) is 10.1 Å². The molecule has 0 aromatic heterocycles. The van der Waals surface area contributed by atoms with E-state index in [2.05, 4.69) is 17.9 Å². The van der Waals surface area contributed by atoms with Gasteiger partial charge in [-0.15, -0.1) is 0 Å². The number of nitrogens with one attached hydrogen (secondary N) is 2. The van der Waals surface area contributed by atoms with Gasteiger partial charge < -0.3 is 19.9 Å². The van der Waals surface area contributed by atoms with Crippen LogP contribution in [-0.4, -0.2) is 54.6 Å². The molecule has 22 heavy (non-hydrogen) atoms. The molecule has 0 radical (unpaired) electrons. The van der Waals surface area contributed by atoms with E-state index in [9.17, 15) is 22.6 Å². The number of amides is 2. The minimum atomic E-state index is -4.60. The summed E-state index contributed by atoms with van der Waals surface area (Å²) in [5, 5.41) is 4.14. The van der Waals surface area contributed by atoms with Crippen LogP contribution >= 0.6 is 12.6 Å². The van der Waals surface area contributed by atoms with Crippen LogP contribution in [0, 0.1) is 0 Å². The smallest absolute Gasteiger partial charge is 0.748 e. The number of hydrogen-bond acceptors (Lipinski definition) is 7. The second-order valence-electron chi connectivity index (χ2n) is 5.06. The minimum absolute atomic E-state index is 0. The zero-order valence-electron chi connectivity index (χ0n) is 15.0. The Morgan fingerprint density at radius 3 is 2.36 bits per heavy atom. The number of ether oxygens (including phenoxy) is 1. The van der Waals surface area contributed by atoms with E-state index in [1.165, 1.54) is 0 Å². The van der Waals surface area contributed by atoms with Crippen molar-refractivity contribution >= 4 is 34.7 Å². The largest absolute Gasteiger partial charge is 1.00 e. The van der Waals surface area contributed by atoms with Gasteiger partial charge in [-0.05, 0) is 27.2 Å². The number of alkyl carbamates (subject to hydrolysis) is 1. The molecule has 2 amide bonds. The average Bonchev–Trinajstić information content (AvgIpc) is 2.30. The van der Waals surface area contributed by atoms with Gasteiger partial charge in [-0.2, -0.15) is 12.6 Å². The molecule has 0 aliphatic rings. The summed E-state index contributed by atoms with van der Waals surface area (Å²) >= 11 is 3.89. The molecule has 0 bridgehead atoms. The van der Waals surface area contributed by atoms with Gasteiger partial charge >= 0.3 is 35.7 Å². The molecule has 11 heteroatoms. The van der Waals surface area contributed by atoms with E-state index in [1.807, 2.05) is 5.32 Å². The predicted octanol–water partition coefficient (Wildman–Crippen LogP) is -3.13. The molecule has 0 saturated heterocycles. The summed E-state index contributed by atoms with van der Waals surface area (Å²) in [7, 11) is -4.60. The minimum Gasteiger partial charge on any atom is -0.748 e. The molecule has 0 heterocycles. The molecule has 0 rings (SSSR count). The first-order chi connectivity index (χ1) is 10.2. The molecule has 0 aliphatic heterocycles. The Labute approximate surface area is 161 Å². The fraction of sp³-hybridized carbons (Fsp3) is 0.818. The first-order valence-electron chi connectivity index (χ1n) is 7.01.